The molecule has 1 amide bonds. The predicted octanol–water partition coefficient (Wildman–Crippen LogP) is 0.00590. The van der Waals surface area contributed by atoms with Crippen molar-refractivity contribution in [3.05, 3.63) is 0 Å². The molecule has 0 aliphatic heterocycles. The highest BCUT2D eigenvalue weighted by atomic mass is 16.5. The van der Waals surface area contributed by atoms with E-state index in [9.17, 15) is 9.59 Å². The molecule has 0 aromatic carbocycles. The van der Waals surface area contributed by atoms with E-state index in [0.29, 0.717) is 6.54 Å². The SMILES string of the molecule is CCN(CC)CC(NC(C)=O)C(=O)OC. The Morgan fingerprint density at radius 1 is 1.33 bits per heavy atom. The molecule has 0 bridgehead atoms. The summed E-state index contributed by atoms with van der Waals surface area (Å²) in [6.07, 6.45) is 0. The molecule has 15 heavy (non-hydrogen) atoms. The van der Waals surface area contributed by atoms with Crippen molar-refractivity contribution in [2.45, 2.75) is 26.8 Å². The van der Waals surface area contributed by atoms with Crippen molar-refractivity contribution in [1.82, 2.24) is 10.2 Å². The van der Waals surface area contributed by atoms with Crippen LogP contribution in [0.25, 0.3) is 0 Å². The molecule has 0 heterocycles. The van der Waals surface area contributed by atoms with Gasteiger partial charge in [-0.1, -0.05) is 13.8 Å². The van der Waals surface area contributed by atoms with Gasteiger partial charge in [0, 0.05) is 13.5 Å². The maximum atomic E-state index is 11.4. The largest absolute Gasteiger partial charge is 0.467 e. The second kappa shape index (κ2) is 7.23. The van der Waals surface area contributed by atoms with Gasteiger partial charge < -0.3 is 15.0 Å². The van der Waals surface area contributed by atoms with E-state index >= 15 is 0 Å². The maximum absolute atomic E-state index is 11.4. The fourth-order valence-corrected chi connectivity index (χ4v) is 1.31. The summed E-state index contributed by atoms with van der Waals surface area (Å²) in [4.78, 5) is 24.3. The molecule has 0 spiro atoms. The summed E-state index contributed by atoms with van der Waals surface area (Å²) >= 11 is 0. The van der Waals surface area contributed by atoms with Crippen LogP contribution in [0.5, 0.6) is 0 Å². The van der Waals surface area contributed by atoms with Gasteiger partial charge in [0.1, 0.15) is 6.04 Å². The first-order valence-electron chi connectivity index (χ1n) is 5.12. The highest BCUT2D eigenvalue weighted by Crippen LogP contribution is 1.95. The Morgan fingerprint density at radius 3 is 2.20 bits per heavy atom. The molecule has 1 atom stereocenters. The number of ether oxygens (including phenoxy) is 1. The lowest BCUT2D eigenvalue weighted by molar-refractivity contribution is -0.145. The first-order chi connectivity index (χ1) is 7.04. The highest BCUT2D eigenvalue weighted by Gasteiger charge is 2.21. The average Bonchev–Trinajstić information content (AvgIpc) is 2.22. The number of likely N-dealkylation sites (N-methyl/N-ethyl adjacent to an activating group) is 1. The van der Waals surface area contributed by atoms with Gasteiger partial charge in [0.2, 0.25) is 5.91 Å². The van der Waals surface area contributed by atoms with Gasteiger partial charge in [-0.15, -0.1) is 0 Å². The fraction of sp³-hybridized carbons (Fsp3) is 0.800. The van der Waals surface area contributed by atoms with Gasteiger partial charge in [0.15, 0.2) is 0 Å². The van der Waals surface area contributed by atoms with Crippen molar-refractivity contribution in [2.24, 2.45) is 0 Å². The van der Waals surface area contributed by atoms with Crippen LogP contribution in [0.2, 0.25) is 0 Å². The van der Waals surface area contributed by atoms with Gasteiger partial charge in [-0.2, -0.15) is 0 Å². The van der Waals surface area contributed by atoms with Gasteiger partial charge >= 0.3 is 5.97 Å². The lowest BCUT2D eigenvalue weighted by Crippen LogP contribution is -2.48. The lowest BCUT2D eigenvalue weighted by atomic mass is 10.2. The Balaban J connectivity index is 4.35. The quantitative estimate of drug-likeness (QED) is 0.635. The number of hydrogen-bond acceptors (Lipinski definition) is 4. The minimum Gasteiger partial charge on any atom is -0.467 e. The smallest absolute Gasteiger partial charge is 0.329 e. The van der Waals surface area contributed by atoms with E-state index in [1.54, 1.807) is 0 Å². The number of carbonyl (C=O) groups excluding carboxylic acids is 2. The van der Waals surface area contributed by atoms with E-state index in [0.717, 1.165) is 13.1 Å². The summed E-state index contributed by atoms with van der Waals surface area (Å²) in [7, 11) is 1.32. The minimum atomic E-state index is -0.576. The third-order valence-corrected chi connectivity index (χ3v) is 2.20. The van der Waals surface area contributed by atoms with Gasteiger partial charge in [0.05, 0.1) is 7.11 Å². The topological polar surface area (TPSA) is 58.6 Å². The van der Waals surface area contributed by atoms with Crippen LogP contribution in [0.1, 0.15) is 20.8 Å². The number of esters is 1. The van der Waals surface area contributed by atoms with E-state index in [4.69, 9.17) is 0 Å². The molecule has 1 N–H and O–H groups in total. The van der Waals surface area contributed by atoms with Crippen molar-refractivity contribution >= 4 is 11.9 Å². The van der Waals surface area contributed by atoms with E-state index in [1.165, 1.54) is 14.0 Å². The molecule has 0 radical (unpaired) electrons. The Labute approximate surface area is 90.8 Å². The van der Waals surface area contributed by atoms with E-state index in [2.05, 4.69) is 15.0 Å². The lowest BCUT2D eigenvalue weighted by Gasteiger charge is -2.23. The minimum absolute atomic E-state index is 0.224. The van der Waals surface area contributed by atoms with Crippen LogP contribution in [-0.4, -0.2) is 49.6 Å². The highest BCUT2D eigenvalue weighted by molar-refractivity contribution is 5.83. The zero-order chi connectivity index (χ0) is 11.8. The number of hydrogen-bond donors (Lipinski definition) is 1. The summed E-state index contributed by atoms with van der Waals surface area (Å²) in [5, 5.41) is 2.57. The van der Waals surface area contributed by atoms with Crippen LogP contribution in [-0.2, 0) is 14.3 Å². The number of nitrogens with one attached hydrogen (secondary N) is 1. The van der Waals surface area contributed by atoms with Crippen LogP contribution < -0.4 is 5.32 Å². The number of rotatable bonds is 6. The summed E-state index contributed by atoms with van der Waals surface area (Å²) < 4.78 is 4.62. The van der Waals surface area contributed by atoms with Gasteiger partial charge in [-0.25, -0.2) is 4.79 Å². The van der Waals surface area contributed by atoms with Gasteiger partial charge in [0.25, 0.3) is 0 Å². The molecular weight excluding hydrogens is 196 g/mol. The molecule has 1 unspecified atom stereocenters. The number of methoxy groups -OCH3 is 1. The molecule has 0 saturated carbocycles. The van der Waals surface area contributed by atoms with E-state index in [1.807, 2.05) is 13.8 Å². The maximum Gasteiger partial charge on any atom is 0.329 e. The molecule has 0 aromatic heterocycles. The average molecular weight is 216 g/mol. The van der Waals surface area contributed by atoms with Crippen molar-refractivity contribution in [3.63, 3.8) is 0 Å². The molecule has 0 rings (SSSR count). The number of amides is 1. The second-order valence-corrected chi connectivity index (χ2v) is 3.26. The Kier molecular flexibility index (Phi) is 6.70. The van der Waals surface area contributed by atoms with Crippen molar-refractivity contribution in [1.29, 1.82) is 0 Å². The molecule has 0 fully saturated rings. The zero-order valence-corrected chi connectivity index (χ0v) is 9.87. The Hall–Kier alpha value is -1.10. The molecule has 88 valence electrons. The zero-order valence-electron chi connectivity index (χ0n) is 9.87. The predicted molar refractivity (Wildman–Crippen MR) is 57.4 cm³/mol. The van der Waals surface area contributed by atoms with Crippen molar-refractivity contribution in [3.8, 4) is 0 Å². The van der Waals surface area contributed by atoms with Gasteiger partial charge in [-0.3, -0.25) is 4.79 Å². The van der Waals surface area contributed by atoms with Gasteiger partial charge in [-0.05, 0) is 13.1 Å². The van der Waals surface area contributed by atoms with Crippen LogP contribution in [0.15, 0.2) is 0 Å². The van der Waals surface area contributed by atoms with E-state index in [-0.39, 0.29) is 5.91 Å². The Bertz CT molecular complexity index is 215. The summed E-state index contributed by atoms with van der Waals surface area (Å²) in [5.41, 5.74) is 0. The molecule has 0 saturated heterocycles. The third kappa shape index (κ3) is 5.37. The standard InChI is InChI=1S/C10H20N2O3/c1-5-12(6-2)7-9(10(14)15-4)11-8(3)13/h9H,5-7H2,1-4H3,(H,11,13). The molecule has 5 heteroatoms. The molecule has 0 aliphatic carbocycles. The molecule has 0 aromatic rings. The molecule has 0 aliphatic rings. The molecular formula is C10H20N2O3. The third-order valence-electron chi connectivity index (χ3n) is 2.20. The van der Waals surface area contributed by atoms with Crippen LogP contribution >= 0.6 is 0 Å². The van der Waals surface area contributed by atoms with Crippen LogP contribution in [0.3, 0.4) is 0 Å². The van der Waals surface area contributed by atoms with Crippen molar-refractivity contribution in [2.75, 3.05) is 26.7 Å². The normalized spacial score (nSPS) is 12.3. The monoisotopic (exact) mass is 216 g/mol. The van der Waals surface area contributed by atoms with Crippen LogP contribution in [0.4, 0.5) is 0 Å². The summed E-state index contributed by atoms with van der Waals surface area (Å²) in [5.74, 6) is -0.630. The van der Waals surface area contributed by atoms with E-state index < -0.39 is 12.0 Å². The first-order valence-corrected chi connectivity index (χ1v) is 5.12. The first kappa shape index (κ1) is 13.9. The van der Waals surface area contributed by atoms with Crippen LogP contribution in [0, 0.1) is 0 Å². The summed E-state index contributed by atoms with van der Waals surface area (Å²) in [6, 6.07) is -0.576. The number of carbonyl (C=O) groups is 2. The number of nitrogens with zero attached hydrogens (tertiary/aromatic N) is 1. The van der Waals surface area contributed by atoms with Crippen molar-refractivity contribution < 1.29 is 14.3 Å². The Morgan fingerprint density at radius 2 is 1.87 bits per heavy atom. The summed E-state index contributed by atoms with van der Waals surface area (Å²) in [6.45, 7) is 7.56. The molecule has 5 nitrogen and oxygen atoms in total. The fourth-order valence-electron chi connectivity index (χ4n) is 1.31. The second-order valence-electron chi connectivity index (χ2n) is 3.26.